The Labute approximate surface area is 135 Å². The molecule has 0 radical (unpaired) electrons. The van der Waals surface area contributed by atoms with Crippen molar-refractivity contribution in [2.24, 2.45) is 0 Å². The van der Waals surface area contributed by atoms with Crippen molar-refractivity contribution in [1.82, 2.24) is 9.80 Å². The fraction of sp³-hybridized carbons (Fsp3) is 0.333. The first-order chi connectivity index (χ1) is 11.2. The number of methoxy groups -OCH3 is 1. The van der Waals surface area contributed by atoms with E-state index in [4.69, 9.17) is 4.74 Å². The molecule has 2 amide bonds. The maximum atomic E-state index is 12.8. The number of hydrogen-bond acceptors (Lipinski definition) is 3. The van der Waals surface area contributed by atoms with Crippen molar-refractivity contribution in [3.8, 4) is 0 Å². The number of hydrogen-bond donors (Lipinski definition) is 0. The van der Waals surface area contributed by atoms with Crippen molar-refractivity contribution in [2.45, 2.75) is 0 Å². The molecule has 3 rings (SSSR count). The van der Waals surface area contributed by atoms with Crippen molar-refractivity contribution in [3.05, 3.63) is 48.0 Å². The van der Waals surface area contributed by atoms with Crippen molar-refractivity contribution in [1.29, 1.82) is 0 Å². The van der Waals surface area contributed by atoms with Crippen LogP contribution >= 0.6 is 0 Å². The Hall–Kier alpha value is -2.40. The molecule has 0 spiro atoms. The fourth-order valence-electron chi connectivity index (χ4n) is 2.96. The van der Waals surface area contributed by atoms with Gasteiger partial charge in [-0.15, -0.1) is 0 Å². The number of carbonyl (C=O) groups excluding carboxylic acids is 2. The molecular formula is C18H20N2O3. The smallest absolute Gasteiger partial charge is 0.254 e. The van der Waals surface area contributed by atoms with Crippen molar-refractivity contribution < 1.29 is 14.3 Å². The second kappa shape index (κ2) is 6.79. The molecule has 0 saturated carbocycles. The highest BCUT2D eigenvalue weighted by Gasteiger charge is 2.25. The fourth-order valence-corrected chi connectivity index (χ4v) is 2.96. The third-order valence-electron chi connectivity index (χ3n) is 4.21. The lowest BCUT2D eigenvalue weighted by Gasteiger charge is -2.34. The quantitative estimate of drug-likeness (QED) is 0.868. The monoisotopic (exact) mass is 312 g/mol. The van der Waals surface area contributed by atoms with Crippen LogP contribution in [-0.2, 0) is 9.53 Å². The molecule has 23 heavy (non-hydrogen) atoms. The van der Waals surface area contributed by atoms with Crippen LogP contribution in [-0.4, -0.2) is 61.5 Å². The summed E-state index contributed by atoms with van der Waals surface area (Å²) in [5.74, 6) is 0.00500. The molecule has 0 aromatic heterocycles. The molecule has 1 heterocycles. The number of nitrogens with zero attached hydrogens (tertiary/aromatic N) is 2. The van der Waals surface area contributed by atoms with Crippen LogP contribution < -0.4 is 0 Å². The molecular weight excluding hydrogens is 292 g/mol. The Morgan fingerprint density at radius 2 is 1.61 bits per heavy atom. The second-order valence-electron chi connectivity index (χ2n) is 5.63. The van der Waals surface area contributed by atoms with Gasteiger partial charge in [0.2, 0.25) is 5.91 Å². The van der Waals surface area contributed by atoms with Crippen molar-refractivity contribution in [3.63, 3.8) is 0 Å². The summed E-state index contributed by atoms with van der Waals surface area (Å²) in [5.41, 5.74) is 0.722. The molecule has 0 bridgehead atoms. The number of piperazine rings is 1. The Kier molecular flexibility index (Phi) is 4.57. The summed E-state index contributed by atoms with van der Waals surface area (Å²) in [6.45, 7) is 2.31. The van der Waals surface area contributed by atoms with Gasteiger partial charge in [-0.3, -0.25) is 9.59 Å². The minimum atomic E-state index is -0.0234. The molecule has 120 valence electrons. The maximum absolute atomic E-state index is 12.8. The van der Waals surface area contributed by atoms with Gasteiger partial charge >= 0.3 is 0 Å². The van der Waals surface area contributed by atoms with Crippen LogP contribution in [0.2, 0.25) is 0 Å². The number of ether oxygens (including phenoxy) is 1. The number of rotatable bonds is 3. The van der Waals surface area contributed by atoms with Gasteiger partial charge in [-0.25, -0.2) is 0 Å². The van der Waals surface area contributed by atoms with Crippen LogP contribution in [0.1, 0.15) is 10.4 Å². The van der Waals surface area contributed by atoms with E-state index in [-0.39, 0.29) is 18.4 Å². The van der Waals surface area contributed by atoms with Gasteiger partial charge in [0, 0.05) is 38.9 Å². The minimum absolute atomic E-state index is 0.0234. The number of fused-ring (bicyclic) bond motifs is 1. The Morgan fingerprint density at radius 3 is 2.35 bits per heavy atom. The largest absolute Gasteiger partial charge is 0.375 e. The average Bonchev–Trinajstić information content (AvgIpc) is 2.61. The highest BCUT2D eigenvalue weighted by atomic mass is 16.5. The first-order valence-corrected chi connectivity index (χ1v) is 7.74. The predicted molar refractivity (Wildman–Crippen MR) is 88.3 cm³/mol. The van der Waals surface area contributed by atoms with Gasteiger partial charge in [0.05, 0.1) is 0 Å². The molecule has 1 saturated heterocycles. The van der Waals surface area contributed by atoms with Crippen molar-refractivity contribution in [2.75, 3.05) is 39.9 Å². The lowest BCUT2D eigenvalue weighted by atomic mass is 10.0. The Morgan fingerprint density at radius 1 is 0.957 bits per heavy atom. The van der Waals surface area contributed by atoms with E-state index < -0.39 is 0 Å². The van der Waals surface area contributed by atoms with Gasteiger partial charge in [-0.1, -0.05) is 36.4 Å². The Bertz CT molecular complexity index is 716. The highest BCUT2D eigenvalue weighted by Crippen LogP contribution is 2.20. The predicted octanol–water partition coefficient (Wildman–Crippen LogP) is 1.77. The summed E-state index contributed by atoms with van der Waals surface area (Å²) < 4.78 is 4.88. The van der Waals surface area contributed by atoms with Gasteiger partial charge in [0.25, 0.3) is 5.91 Å². The molecule has 0 unspecified atom stereocenters. The summed E-state index contributed by atoms with van der Waals surface area (Å²) in [4.78, 5) is 28.2. The van der Waals surface area contributed by atoms with Crippen LogP contribution in [0.25, 0.3) is 10.8 Å². The summed E-state index contributed by atoms with van der Waals surface area (Å²) in [6.07, 6.45) is 0. The highest BCUT2D eigenvalue weighted by molar-refractivity contribution is 6.07. The van der Waals surface area contributed by atoms with Gasteiger partial charge < -0.3 is 14.5 Å². The van der Waals surface area contributed by atoms with Crippen molar-refractivity contribution >= 4 is 22.6 Å². The normalized spacial score (nSPS) is 15.0. The topological polar surface area (TPSA) is 49.9 Å². The summed E-state index contributed by atoms with van der Waals surface area (Å²) >= 11 is 0. The second-order valence-corrected chi connectivity index (χ2v) is 5.63. The summed E-state index contributed by atoms with van der Waals surface area (Å²) in [6, 6.07) is 13.7. The van der Waals surface area contributed by atoms with E-state index in [1.54, 1.807) is 4.90 Å². The lowest BCUT2D eigenvalue weighted by molar-refractivity contribution is -0.136. The van der Waals surface area contributed by atoms with Gasteiger partial charge in [-0.05, 0) is 16.8 Å². The van der Waals surface area contributed by atoms with Gasteiger partial charge in [-0.2, -0.15) is 0 Å². The van der Waals surface area contributed by atoms with Crippen LogP contribution in [0, 0.1) is 0 Å². The molecule has 5 nitrogen and oxygen atoms in total. The first kappa shape index (κ1) is 15.5. The van der Waals surface area contributed by atoms with Gasteiger partial charge in [0.1, 0.15) is 6.61 Å². The van der Waals surface area contributed by atoms with Crippen LogP contribution in [0.5, 0.6) is 0 Å². The van der Waals surface area contributed by atoms with E-state index in [1.165, 1.54) is 7.11 Å². The zero-order valence-electron chi connectivity index (χ0n) is 13.2. The lowest BCUT2D eigenvalue weighted by Crippen LogP contribution is -2.51. The van der Waals surface area contributed by atoms with Crippen LogP contribution in [0.15, 0.2) is 42.5 Å². The molecule has 1 fully saturated rings. The first-order valence-electron chi connectivity index (χ1n) is 7.74. The van der Waals surface area contributed by atoms with Crippen LogP contribution in [0.4, 0.5) is 0 Å². The maximum Gasteiger partial charge on any atom is 0.254 e. The van der Waals surface area contributed by atoms with E-state index in [2.05, 4.69) is 0 Å². The van der Waals surface area contributed by atoms with E-state index in [0.717, 1.165) is 16.3 Å². The summed E-state index contributed by atoms with van der Waals surface area (Å²) in [5, 5.41) is 2.03. The molecule has 1 aliphatic rings. The number of amides is 2. The Balaban J connectivity index is 1.73. The molecule has 2 aromatic rings. The third kappa shape index (κ3) is 3.19. The minimum Gasteiger partial charge on any atom is -0.375 e. The molecule has 2 aromatic carbocycles. The number of carbonyl (C=O) groups is 2. The summed E-state index contributed by atoms with van der Waals surface area (Å²) in [7, 11) is 1.51. The standard InChI is InChI=1S/C18H20N2O3/c1-23-13-17(21)19-9-11-20(12-10-19)18(22)16-8-4-6-14-5-2-3-7-15(14)16/h2-8H,9-13H2,1H3. The van der Waals surface area contributed by atoms with E-state index in [1.807, 2.05) is 47.4 Å². The molecule has 0 aliphatic carbocycles. The average molecular weight is 312 g/mol. The molecule has 5 heteroatoms. The third-order valence-corrected chi connectivity index (χ3v) is 4.21. The SMILES string of the molecule is COCC(=O)N1CCN(C(=O)c2cccc3ccccc23)CC1. The zero-order chi connectivity index (χ0) is 16.2. The van der Waals surface area contributed by atoms with E-state index in [0.29, 0.717) is 26.2 Å². The van der Waals surface area contributed by atoms with E-state index in [9.17, 15) is 9.59 Å². The van der Waals surface area contributed by atoms with Crippen LogP contribution in [0.3, 0.4) is 0 Å². The number of benzene rings is 2. The molecule has 1 aliphatic heterocycles. The molecule has 0 N–H and O–H groups in total. The van der Waals surface area contributed by atoms with E-state index >= 15 is 0 Å². The molecule has 0 atom stereocenters. The zero-order valence-corrected chi connectivity index (χ0v) is 13.2. The van der Waals surface area contributed by atoms with Gasteiger partial charge in [0.15, 0.2) is 0 Å².